The summed E-state index contributed by atoms with van der Waals surface area (Å²) < 4.78 is 5.52. The Balaban J connectivity index is 0.000000255. The summed E-state index contributed by atoms with van der Waals surface area (Å²) in [4.78, 5) is 36.6. The normalized spacial score (nSPS) is 21.8. The third-order valence-electron chi connectivity index (χ3n) is 6.55. The molecule has 0 amide bonds. The van der Waals surface area contributed by atoms with Crippen LogP contribution in [0.15, 0.2) is 48.1 Å². The van der Waals surface area contributed by atoms with Gasteiger partial charge in [0.2, 0.25) is 0 Å². The number of rotatable bonds is 11. The summed E-state index contributed by atoms with van der Waals surface area (Å²) in [5.74, 6) is -2.97. The Morgan fingerprint density at radius 3 is 2.44 bits per heavy atom. The zero-order chi connectivity index (χ0) is 26.6. The minimum absolute atomic E-state index is 0.0185. The molecule has 198 valence electrons. The van der Waals surface area contributed by atoms with Crippen LogP contribution in [-0.4, -0.2) is 64.7 Å². The molecule has 36 heavy (non-hydrogen) atoms. The number of hydrogen-bond donors (Lipinski definition) is 3. The lowest BCUT2D eigenvalue weighted by Gasteiger charge is -2.33. The Morgan fingerprint density at radius 2 is 1.83 bits per heavy atom. The molecule has 4 N–H and O–H groups in total. The van der Waals surface area contributed by atoms with Gasteiger partial charge in [-0.25, -0.2) is 4.79 Å². The Morgan fingerprint density at radius 1 is 1.14 bits per heavy atom. The Bertz CT molecular complexity index is 951. The number of aliphatic carboxylic acids is 2. The van der Waals surface area contributed by atoms with Crippen molar-refractivity contribution in [2.75, 3.05) is 26.2 Å². The second kappa shape index (κ2) is 14.7. The molecule has 1 aromatic rings. The third kappa shape index (κ3) is 8.69. The number of Topliss-reactive ketones (excluding diaryl/α,β-unsaturated/α-hetero) is 1. The molecule has 2 aliphatic rings. The summed E-state index contributed by atoms with van der Waals surface area (Å²) in [5, 5.41) is 18.0. The highest BCUT2D eigenvalue weighted by Crippen LogP contribution is 2.31. The summed E-state index contributed by atoms with van der Waals surface area (Å²) in [5.41, 5.74) is 6.44. The minimum atomic E-state index is -1.13. The maximum atomic E-state index is 12.2. The number of hydrogen-bond acceptors (Lipinski definition) is 6. The fourth-order valence-electron chi connectivity index (χ4n) is 4.43. The van der Waals surface area contributed by atoms with Crippen molar-refractivity contribution in [2.24, 2.45) is 11.7 Å². The average molecular weight is 501 g/mol. The SMILES string of the molecule is CCCOC1(C)C=CC(C(=O)O)=CC1C(=O)O.NCc1ccccc1C(=O)CCCN1CCCCC1. The minimum Gasteiger partial charge on any atom is -0.481 e. The molecule has 1 aromatic carbocycles. The monoisotopic (exact) mass is 500 g/mol. The Labute approximate surface area is 213 Å². The second-order valence-corrected chi connectivity index (χ2v) is 9.40. The van der Waals surface area contributed by atoms with Crippen molar-refractivity contribution in [2.45, 2.75) is 64.5 Å². The number of ether oxygens (including phenoxy) is 1. The van der Waals surface area contributed by atoms with Crippen LogP contribution in [0.2, 0.25) is 0 Å². The predicted octanol–water partition coefficient (Wildman–Crippen LogP) is 4.05. The number of nitrogens with two attached hydrogens (primary N) is 1. The Hall–Kier alpha value is -2.81. The molecular weight excluding hydrogens is 460 g/mol. The first-order valence-electron chi connectivity index (χ1n) is 12.8. The molecule has 3 rings (SSSR count). The molecule has 0 radical (unpaired) electrons. The van der Waals surface area contributed by atoms with Gasteiger partial charge in [-0.05, 0) is 63.9 Å². The number of carboxylic acids is 2. The first-order valence-corrected chi connectivity index (χ1v) is 12.8. The van der Waals surface area contributed by atoms with Crippen molar-refractivity contribution in [3.8, 4) is 0 Å². The highest BCUT2D eigenvalue weighted by molar-refractivity contribution is 5.97. The van der Waals surface area contributed by atoms with E-state index < -0.39 is 23.5 Å². The van der Waals surface area contributed by atoms with Gasteiger partial charge in [0.15, 0.2) is 5.78 Å². The van der Waals surface area contributed by atoms with E-state index in [2.05, 4.69) is 4.90 Å². The molecule has 1 aliphatic carbocycles. The van der Waals surface area contributed by atoms with Crippen LogP contribution in [0.5, 0.6) is 0 Å². The van der Waals surface area contributed by atoms with Gasteiger partial charge in [-0.2, -0.15) is 0 Å². The number of carbonyl (C=O) groups is 3. The lowest BCUT2D eigenvalue weighted by Crippen LogP contribution is -2.41. The van der Waals surface area contributed by atoms with Crippen LogP contribution in [0.25, 0.3) is 0 Å². The van der Waals surface area contributed by atoms with E-state index in [1.807, 2.05) is 31.2 Å². The van der Waals surface area contributed by atoms with Crippen LogP contribution in [0.3, 0.4) is 0 Å². The van der Waals surface area contributed by atoms with Crippen LogP contribution in [0, 0.1) is 5.92 Å². The molecule has 2 unspecified atom stereocenters. The van der Waals surface area contributed by atoms with E-state index in [1.54, 1.807) is 6.92 Å². The van der Waals surface area contributed by atoms with Crippen LogP contribution < -0.4 is 5.73 Å². The van der Waals surface area contributed by atoms with Crippen molar-refractivity contribution in [1.82, 2.24) is 4.90 Å². The van der Waals surface area contributed by atoms with E-state index in [0.717, 1.165) is 30.5 Å². The largest absolute Gasteiger partial charge is 0.481 e. The van der Waals surface area contributed by atoms with Gasteiger partial charge < -0.3 is 25.6 Å². The molecule has 8 heteroatoms. The Kier molecular flexibility index (Phi) is 12.0. The number of carbonyl (C=O) groups excluding carboxylic acids is 1. The van der Waals surface area contributed by atoms with E-state index in [0.29, 0.717) is 19.6 Å². The van der Waals surface area contributed by atoms with E-state index in [9.17, 15) is 14.4 Å². The molecule has 2 atom stereocenters. The lowest BCUT2D eigenvalue weighted by atomic mass is 9.82. The molecule has 0 bridgehead atoms. The maximum absolute atomic E-state index is 12.2. The van der Waals surface area contributed by atoms with Gasteiger partial charge in [-0.1, -0.05) is 49.8 Å². The van der Waals surface area contributed by atoms with Crippen molar-refractivity contribution >= 4 is 17.7 Å². The quantitative estimate of drug-likeness (QED) is 0.388. The van der Waals surface area contributed by atoms with E-state index in [4.69, 9.17) is 20.7 Å². The smallest absolute Gasteiger partial charge is 0.335 e. The van der Waals surface area contributed by atoms with Crippen LogP contribution in [0.4, 0.5) is 0 Å². The maximum Gasteiger partial charge on any atom is 0.335 e. The zero-order valence-corrected chi connectivity index (χ0v) is 21.4. The van der Waals surface area contributed by atoms with E-state index in [-0.39, 0.29) is 11.4 Å². The van der Waals surface area contributed by atoms with Crippen molar-refractivity contribution in [1.29, 1.82) is 0 Å². The van der Waals surface area contributed by atoms with Crippen molar-refractivity contribution < 1.29 is 29.3 Å². The average Bonchev–Trinajstić information content (AvgIpc) is 2.88. The number of benzene rings is 1. The van der Waals surface area contributed by atoms with Gasteiger partial charge in [0, 0.05) is 25.1 Å². The molecule has 1 heterocycles. The number of ketones is 1. The summed E-state index contributed by atoms with van der Waals surface area (Å²) in [6.07, 6.45) is 10.5. The molecule has 1 fully saturated rings. The molecule has 1 aliphatic heterocycles. The van der Waals surface area contributed by atoms with Crippen LogP contribution >= 0.6 is 0 Å². The number of carboxylic acid groups (broad SMARTS) is 2. The summed E-state index contributed by atoms with van der Waals surface area (Å²) in [6, 6.07) is 7.69. The number of likely N-dealkylation sites (tertiary alicyclic amines) is 1. The van der Waals surface area contributed by atoms with Gasteiger partial charge in [-0.3, -0.25) is 9.59 Å². The van der Waals surface area contributed by atoms with Crippen molar-refractivity contribution in [3.05, 3.63) is 59.2 Å². The number of nitrogens with zero attached hydrogens (tertiary/aromatic N) is 1. The standard InChI is InChI=1S/C16H24N2O.C12H16O5/c17-13-14-7-2-3-8-15(14)16(19)9-6-12-18-10-4-1-5-11-18;1-3-6-17-12(2)5-4-8(10(13)14)7-9(12)11(15)16/h2-3,7-8H,1,4-6,9-13,17H2;4-5,7,9H,3,6H2,1-2H3,(H,13,14)(H,15,16). The van der Waals surface area contributed by atoms with Gasteiger partial charge in [0.05, 0.1) is 5.57 Å². The fraction of sp³-hybridized carbons (Fsp3) is 0.536. The van der Waals surface area contributed by atoms with Crippen LogP contribution in [-0.2, 0) is 20.9 Å². The summed E-state index contributed by atoms with van der Waals surface area (Å²) in [6.45, 7) is 7.89. The third-order valence-corrected chi connectivity index (χ3v) is 6.55. The van der Waals surface area contributed by atoms with Gasteiger partial charge in [0.25, 0.3) is 0 Å². The summed E-state index contributed by atoms with van der Waals surface area (Å²) in [7, 11) is 0. The number of piperidine rings is 1. The molecule has 0 saturated carbocycles. The van der Waals surface area contributed by atoms with Crippen molar-refractivity contribution in [3.63, 3.8) is 0 Å². The first kappa shape index (κ1) is 29.4. The molecular formula is C28H40N2O6. The molecule has 0 aromatic heterocycles. The zero-order valence-electron chi connectivity index (χ0n) is 21.4. The molecule has 0 spiro atoms. The topological polar surface area (TPSA) is 130 Å². The van der Waals surface area contributed by atoms with Gasteiger partial charge >= 0.3 is 11.9 Å². The first-order chi connectivity index (χ1) is 17.2. The fourth-order valence-corrected chi connectivity index (χ4v) is 4.43. The summed E-state index contributed by atoms with van der Waals surface area (Å²) >= 11 is 0. The molecule has 1 saturated heterocycles. The van der Waals surface area contributed by atoms with Gasteiger partial charge in [0.1, 0.15) is 11.5 Å². The van der Waals surface area contributed by atoms with Gasteiger partial charge in [-0.15, -0.1) is 0 Å². The highest BCUT2D eigenvalue weighted by Gasteiger charge is 2.39. The highest BCUT2D eigenvalue weighted by atomic mass is 16.5. The molecule has 8 nitrogen and oxygen atoms in total. The predicted molar refractivity (Wildman–Crippen MR) is 139 cm³/mol. The second-order valence-electron chi connectivity index (χ2n) is 9.40. The van der Waals surface area contributed by atoms with E-state index in [1.165, 1.54) is 50.6 Å². The van der Waals surface area contributed by atoms with Crippen LogP contribution in [0.1, 0.15) is 68.3 Å². The lowest BCUT2D eigenvalue weighted by molar-refractivity contribution is -0.148. The van der Waals surface area contributed by atoms with E-state index >= 15 is 0 Å².